The van der Waals surface area contributed by atoms with Crippen LogP contribution >= 0.6 is 15.8 Å². The molecule has 0 spiro atoms. The van der Waals surface area contributed by atoms with E-state index in [-0.39, 0.29) is 21.2 Å². The van der Waals surface area contributed by atoms with Gasteiger partial charge in [0.1, 0.15) is 31.8 Å². The Kier molecular flexibility index (Phi) is 18.6. The average Bonchev–Trinajstić information content (AvgIpc) is 3.20. The zero-order valence-electron chi connectivity index (χ0n) is 30.1. The summed E-state index contributed by atoms with van der Waals surface area (Å²) >= 11 is 10.2. The summed E-state index contributed by atoms with van der Waals surface area (Å²) in [6.07, 6.45) is 0. The molecule has 269 valence electrons. The van der Waals surface area contributed by atoms with E-state index in [4.69, 9.17) is 25.3 Å². The largest absolute Gasteiger partial charge is 3.00 e. The standard InChI is InChI=1S/2C18H15P.C11H17NS2.Ni/c2*1-4-10-16(11-5-1)19(17-12-6-2-7-13-17)18-14-8-3-9-15-18;1-9(2)12(11(13)14)8-10-6-4-3-5-7-10;/h2*1-15H;3-7,9,11,13-14H,8H2,1-2H3;/q;;;+3. The van der Waals surface area contributed by atoms with Crippen LogP contribution in [0.5, 0.6) is 0 Å². The van der Waals surface area contributed by atoms with Crippen molar-refractivity contribution in [2.24, 2.45) is 0 Å². The van der Waals surface area contributed by atoms with Crippen molar-refractivity contribution in [2.75, 3.05) is 0 Å². The Labute approximate surface area is 341 Å². The topological polar surface area (TPSA) is 3.24 Å². The average molecular weight is 811 g/mol. The van der Waals surface area contributed by atoms with Crippen molar-refractivity contribution in [3.63, 3.8) is 0 Å². The van der Waals surface area contributed by atoms with Crippen molar-refractivity contribution in [1.29, 1.82) is 0 Å². The fraction of sp³-hybridized carbons (Fsp3) is 0.106. The molecule has 0 heterocycles. The maximum Gasteiger partial charge on any atom is 3.00 e. The van der Waals surface area contributed by atoms with E-state index in [1.54, 1.807) is 0 Å². The van der Waals surface area contributed by atoms with Gasteiger partial charge in [0.05, 0.1) is 15.8 Å². The zero-order valence-corrected chi connectivity index (χ0v) is 34.8. The Hall–Kier alpha value is -3.45. The van der Waals surface area contributed by atoms with Gasteiger partial charge < -0.3 is 30.2 Å². The second-order valence-electron chi connectivity index (χ2n) is 12.5. The van der Waals surface area contributed by atoms with Gasteiger partial charge in [-0.3, -0.25) is 0 Å². The van der Waals surface area contributed by atoms with Crippen LogP contribution in [0.1, 0.15) is 19.4 Å². The monoisotopic (exact) mass is 809 g/mol. The van der Waals surface area contributed by atoms with Crippen molar-refractivity contribution in [2.45, 2.75) is 31.1 Å². The molecule has 53 heavy (non-hydrogen) atoms. The molecule has 1 nitrogen and oxygen atoms in total. The Morgan fingerprint density at radius 1 is 0.377 bits per heavy atom. The minimum absolute atomic E-state index is 0. The first-order valence-electron chi connectivity index (χ1n) is 17.7. The van der Waals surface area contributed by atoms with Crippen LogP contribution in [0, 0.1) is 0 Å². The Bertz CT molecular complexity index is 1640. The summed E-state index contributed by atoms with van der Waals surface area (Å²) in [5, 5.41) is 8.61. The first-order chi connectivity index (χ1) is 25.5. The van der Waals surface area contributed by atoms with Gasteiger partial charge in [-0.15, -0.1) is 0 Å². The molecule has 0 saturated heterocycles. The van der Waals surface area contributed by atoms with Crippen LogP contribution in [-0.2, 0) is 48.3 Å². The van der Waals surface area contributed by atoms with Gasteiger partial charge in [-0.1, -0.05) is 140 Å². The molecule has 0 unspecified atom stereocenters. The first kappa shape index (κ1) is 42.3. The minimum atomic E-state index is -0.877. The second-order valence-corrected chi connectivity index (χ2v) is 18.7. The molecule has 0 aliphatic rings. The van der Waals surface area contributed by atoms with Gasteiger partial charge in [-0.05, 0) is 92.2 Å². The molecule has 0 bridgehead atoms. The predicted octanol–water partition coefficient (Wildman–Crippen LogP) is 8.63. The fourth-order valence-electron chi connectivity index (χ4n) is 5.92. The minimum Gasteiger partial charge on any atom is -0.800 e. The Balaban J connectivity index is 0.000000179. The molecule has 7 aromatic carbocycles. The molecule has 0 saturated carbocycles. The predicted molar refractivity (Wildman–Crippen MR) is 239 cm³/mol. The maximum absolute atomic E-state index is 5.12. The van der Waals surface area contributed by atoms with E-state index in [1.165, 1.54) is 37.4 Å². The van der Waals surface area contributed by atoms with Gasteiger partial charge in [0.2, 0.25) is 0 Å². The van der Waals surface area contributed by atoms with Gasteiger partial charge in [-0.2, -0.15) is 0 Å². The van der Waals surface area contributed by atoms with Crippen molar-refractivity contribution in [3.8, 4) is 0 Å². The first-order valence-corrected chi connectivity index (χ1v) is 21.6. The van der Waals surface area contributed by atoms with Crippen LogP contribution in [0.2, 0.25) is 0 Å². The third-order valence-corrected chi connectivity index (χ3v) is 14.5. The van der Waals surface area contributed by atoms with Crippen molar-refractivity contribution >= 4 is 72.9 Å². The van der Waals surface area contributed by atoms with Gasteiger partial charge in [0.25, 0.3) is 0 Å². The van der Waals surface area contributed by atoms with Crippen LogP contribution in [0.15, 0.2) is 212 Å². The molecule has 1 radical (unpaired) electrons. The number of benzene rings is 7. The molecule has 7 aromatic rings. The SMILES string of the molecule is CC(C)N(Cc1ccccc1)C([S-])[S-].[Ni+3].c1ccc([PH+](c2ccccc2)c2ccccc2)cc1.c1ccc([PH+](c2ccccc2)c2ccccc2)cc1. The molecule has 0 aliphatic heterocycles. The molecule has 0 aliphatic carbocycles. The van der Waals surface area contributed by atoms with E-state index in [2.05, 4.69) is 213 Å². The summed E-state index contributed by atoms with van der Waals surface area (Å²) in [6, 6.07) is 75.7. The van der Waals surface area contributed by atoms with E-state index in [1.807, 2.05) is 18.2 Å². The molecule has 7 rings (SSSR count). The van der Waals surface area contributed by atoms with Gasteiger partial charge in [0.15, 0.2) is 0 Å². The molecule has 0 atom stereocenters. The van der Waals surface area contributed by atoms with E-state index < -0.39 is 15.8 Å². The van der Waals surface area contributed by atoms with Gasteiger partial charge in [-0.25, -0.2) is 4.71 Å². The van der Waals surface area contributed by atoms with Crippen LogP contribution in [-0.4, -0.2) is 15.6 Å². The van der Waals surface area contributed by atoms with E-state index in [0.29, 0.717) is 6.04 Å². The van der Waals surface area contributed by atoms with E-state index in [9.17, 15) is 0 Å². The van der Waals surface area contributed by atoms with Crippen LogP contribution in [0.25, 0.3) is 0 Å². The van der Waals surface area contributed by atoms with E-state index in [0.717, 1.165) is 6.54 Å². The molecule has 0 aromatic heterocycles. The summed E-state index contributed by atoms with van der Waals surface area (Å²) < 4.78 is -0.227. The summed E-state index contributed by atoms with van der Waals surface area (Å²) in [7, 11) is -1.75. The summed E-state index contributed by atoms with van der Waals surface area (Å²) in [6.45, 7) is 5.08. The summed E-state index contributed by atoms with van der Waals surface area (Å²) in [5.41, 5.74) is 1.26. The Morgan fingerprint density at radius 3 is 0.774 bits per heavy atom. The second kappa shape index (κ2) is 23.4. The summed E-state index contributed by atoms with van der Waals surface area (Å²) in [4.78, 5) is 2.12. The number of rotatable bonds is 10. The normalized spacial score (nSPS) is 10.7. The molecule has 6 heteroatoms. The number of hydrogen-bond donors (Lipinski definition) is 0. The smallest absolute Gasteiger partial charge is 0.800 e. The number of hydrogen-bond acceptors (Lipinski definition) is 3. The third kappa shape index (κ3) is 13.4. The molecular weight excluding hydrogens is 763 g/mol. The molecular formula is C47H47NNiP2S2+3. The van der Waals surface area contributed by atoms with Gasteiger partial charge >= 0.3 is 16.5 Å². The van der Waals surface area contributed by atoms with Crippen LogP contribution in [0.3, 0.4) is 0 Å². The van der Waals surface area contributed by atoms with Crippen molar-refractivity contribution in [3.05, 3.63) is 218 Å². The fourth-order valence-corrected chi connectivity index (χ4v) is 11.7. The van der Waals surface area contributed by atoms with Crippen LogP contribution < -0.4 is 31.8 Å². The Morgan fingerprint density at radius 2 is 0.585 bits per heavy atom. The molecule has 0 N–H and O–H groups in total. The zero-order chi connectivity index (χ0) is 36.4. The summed E-state index contributed by atoms with van der Waals surface area (Å²) in [5.74, 6) is 0. The molecule has 0 fully saturated rings. The van der Waals surface area contributed by atoms with Crippen LogP contribution in [0.4, 0.5) is 0 Å². The maximum atomic E-state index is 5.12. The van der Waals surface area contributed by atoms with E-state index >= 15 is 0 Å². The van der Waals surface area contributed by atoms with Crippen molar-refractivity contribution in [1.82, 2.24) is 4.90 Å². The quantitative estimate of drug-likeness (QED) is 0.0775. The van der Waals surface area contributed by atoms with Crippen molar-refractivity contribution < 1.29 is 16.5 Å². The van der Waals surface area contributed by atoms with Gasteiger partial charge in [0, 0.05) is 12.6 Å². The molecule has 0 amide bonds. The number of nitrogens with zero attached hydrogens (tertiary/aromatic N) is 1. The third-order valence-electron chi connectivity index (χ3n) is 8.52.